The van der Waals surface area contributed by atoms with Crippen LogP contribution in [-0.4, -0.2) is 30.2 Å². The van der Waals surface area contributed by atoms with Crippen LogP contribution in [0.3, 0.4) is 0 Å². The van der Waals surface area contributed by atoms with Crippen molar-refractivity contribution in [2.45, 2.75) is 83.8 Å². The van der Waals surface area contributed by atoms with Gasteiger partial charge in [0.2, 0.25) is 0 Å². The Morgan fingerprint density at radius 1 is 1.00 bits per heavy atom. The second-order valence-electron chi connectivity index (χ2n) is 8.68. The molecule has 1 fully saturated rings. The number of halogens is 1. The van der Waals surface area contributed by atoms with E-state index >= 15 is 0 Å². The standard InChI is InChI=1S/C26H36FN.C2H3N/c1-3-19-28(20-18-22-8-5-4-6-9-22)21(2)12-13-23-14-16-24(17-15-23)25-10-7-11-26(25)27;1-2-3/h4-6,8-9,14-17,21,25-26H,3,7,10-13,18-20H2,1-2H3;1H3. The van der Waals surface area contributed by atoms with E-state index in [1.807, 2.05) is 0 Å². The molecule has 3 rings (SSSR count). The normalized spacial score (nSPS) is 18.8. The molecule has 0 radical (unpaired) electrons. The van der Waals surface area contributed by atoms with Crippen LogP contribution < -0.4 is 0 Å². The highest BCUT2D eigenvalue weighted by Crippen LogP contribution is 2.36. The monoisotopic (exact) mass is 422 g/mol. The molecular weight excluding hydrogens is 383 g/mol. The lowest BCUT2D eigenvalue weighted by atomic mass is 9.94. The van der Waals surface area contributed by atoms with Gasteiger partial charge in [-0.3, -0.25) is 0 Å². The van der Waals surface area contributed by atoms with Crippen LogP contribution in [0.4, 0.5) is 4.39 Å². The zero-order valence-corrected chi connectivity index (χ0v) is 19.6. The first-order valence-electron chi connectivity index (χ1n) is 11.9. The number of rotatable bonds is 10. The van der Waals surface area contributed by atoms with E-state index in [4.69, 9.17) is 5.26 Å². The second-order valence-corrected chi connectivity index (χ2v) is 8.68. The molecule has 0 spiro atoms. The smallest absolute Gasteiger partial charge is 0.107 e. The first-order chi connectivity index (χ1) is 15.1. The predicted molar refractivity (Wildman–Crippen MR) is 129 cm³/mol. The highest BCUT2D eigenvalue weighted by molar-refractivity contribution is 5.27. The maximum atomic E-state index is 14.0. The number of nitriles is 1. The molecule has 1 aliphatic rings. The van der Waals surface area contributed by atoms with Gasteiger partial charge in [0.05, 0.1) is 6.07 Å². The summed E-state index contributed by atoms with van der Waals surface area (Å²) in [7, 11) is 0. The highest BCUT2D eigenvalue weighted by atomic mass is 19.1. The van der Waals surface area contributed by atoms with Gasteiger partial charge in [0.15, 0.2) is 0 Å². The number of benzene rings is 2. The van der Waals surface area contributed by atoms with E-state index in [2.05, 4.69) is 73.3 Å². The van der Waals surface area contributed by atoms with Crippen LogP contribution in [-0.2, 0) is 12.8 Å². The van der Waals surface area contributed by atoms with Crippen molar-refractivity contribution in [3.05, 3.63) is 71.3 Å². The lowest BCUT2D eigenvalue weighted by Crippen LogP contribution is -2.35. The molecule has 3 atom stereocenters. The van der Waals surface area contributed by atoms with Crippen LogP contribution in [0.2, 0.25) is 0 Å². The van der Waals surface area contributed by atoms with Gasteiger partial charge >= 0.3 is 0 Å². The Bertz CT molecular complexity index is 766. The van der Waals surface area contributed by atoms with Crippen molar-refractivity contribution in [1.82, 2.24) is 4.90 Å². The Labute approximate surface area is 189 Å². The molecule has 1 aliphatic carbocycles. The molecule has 0 bridgehead atoms. The molecule has 168 valence electrons. The Morgan fingerprint density at radius 2 is 1.65 bits per heavy atom. The number of hydrogen-bond acceptors (Lipinski definition) is 2. The van der Waals surface area contributed by atoms with Crippen molar-refractivity contribution in [2.24, 2.45) is 0 Å². The summed E-state index contributed by atoms with van der Waals surface area (Å²) in [6, 6.07) is 21.9. The molecule has 2 nitrogen and oxygen atoms in total. The minimum absolute atomic E-state index is 0.131. The molecule has 31 heavy (non-hydrogen) atoms. The molecule has 0 amide bonds. The van der Waals surface area contributed by atoms with E-state index in [9.17, 15) is 4.39 Å². The van der Waals surface area contributed by atoms with Crippen LogP contribution in [0.1, 0.15) is 75.5 Å². The molecule has 0 N–H and O–H groups in total. The van der Waals surface area contributed by atoms with Crippen LogP contribution in [0.5, 0.6) is 0 Å². The van der Waals surface area contributed by atoms with Crippen LogP contribution in [0, 0.1) is 11.3 Å². The first kappa shape index (κ1) is 25.1. The van der Waals surface area contributed by atoms with Gasteiger partial charge in [0.1, 0.15) is 6.17 Å². The third-order valence-corrected chi connectivity index (χ3v) is 6.35. The van der Waals surface area contributed by atoms with Crippen molar-refractivity contribution < 1.29 is 4.39 Å². The van der Waals surface area contributed by atoms with Gasteiger partial charge in [0, 0.05) is 25.4 Å². The average molecular weight is 423 g/mol. The maximum absolute atomic E-state index is 14.0. The summed E-state index contributed by atoms with van der Waals surface area (Å²) in [5.74, 6) is 0.131. The molecule has 1 saturated carbocycles. The average Bonchev–Trinajstić information content (AvgIpc) is 3.22. The minimum atomic E-state index is -0.641. The third kappa shape index (κ3) is 8.46. The second kappa shape index (κ2) is 14.0. The van der Waals surface area contributed by atoms with E-state index in [1.54, 1.807) is 6.07 Å². The van der Waals surface area contributed by atoms with Crippen LogP contribution in [0.25, 0.3) is 0 Å². The van der Waals surface area contributed by atoms with E-state index in [-0.39, 0.29) is 5.92 Å². The van der Waals surface area contributed by atoms with Gasteiger partial charge in [-0.05, 0) is 75.1 Å². The van der Waals surface area contributed by atoms with E-state index in [1.165, 1.54) is 36.5 Å². The van der Waals surface area contributed by atoms with Gasteiger partial charge in [-0.1, -0.05) is 61.5 Å². The molecule has 0 saturated heterocycles. The van der Waals surface area contributed by atoms with Gasteiger partial charge in [-0.2, -0.15) is 5.26 Å². The van der Waals surface area contributed by atoms with Gasteiger partial charge in [-0.25, -0.2) is 4.39 Å². The summed E-state index contributed by atoms with van der Waals surface area (Å²) in [5, 5.41) is 7.32. The molecule has 0 heterocycles. The van der Waals surface area contributed by atoms with Crippen molar-refractivity contribution in [2.75, 3.05) is 13.1 Å². The summed E-state index contributed by atoms with van der Waals surface area (Å²) in [5.41, 5.74) is 3.99. The largest absolute Gasteiger partial charge is 0.300 e. The van der Waals surface area contributed by atoms with Crippen molar-refractivity contribution in [3.8, 4) is 6.07 Å². The fraction of sp³-hybridized carbons (Fsp3) is 0.536. The SMILES string of the molecule is CC#N.CCCN(CCc1ccccc1)C(C)CCc1ccc(C2CCCC2F)cc1. The molecule has 3 unspecified atom stereocenters. The van der Waals surface area contributed by atoms with Crippen molar-refractivity contribution in [1.29, 1.82) is 5.26 Å². The van der Waals surface area contributed by atoms with Gasteiger partial charge < -0.3 is 4.90 Å². The molecule has 2 aromatic carbocycles. The number of aryl methyl sites for hydroxylation is 1. The highest BCUT2D eigenvalue weighted by Gasteiger charge is 2.28. The first-order valence-corrected chi connectivity index (χ1v) is 11.9. The fourth-order valence-corrected chi connectivity index (χ4v) is 4.54. The summed E-state index contributed by atoms with van der Waals surface area (Å²) in [4.78, 5) is 2.63. The van der Waals surface area contributed by atoms with Crippen molar-refractivity contribution in [3.63, 3.8) is 0 Å². The molecule has 0 aromatic heterocycles. The fourth-order valence-electron chi connectivity index (χ4n) is 4.54. The molecule has 2 aromatic rings. The van der Waals surface area contributed by atoms with E-state index in [0.29, 0.717) is 6.04 Å². The Morgan fingerprint density at radius 3 is 2.23 bits per heavy atom. The maximum Gasteiger partial charge on any atom is 0.107 e. The zero-order valence-electron chi connectivity index (χ0n) is 19.6. The molecule has 0 aliphatic heterocycles. The van der Waals surface area contributed by atoms with Gasteiger partial charge in [-0.15, -0.1) is 0 Å². The van der Waals surface area contributed by atoms with Crippen LogP contribution >= 0.6 is 0 Å². The number of alkyl halides is 1. The van der Waals surface area contributed by atoms with Crippen molar-refractivity contribution >= 4 is 0 Å². The molecular formula is C28H39FN2. The minimum Gasteiger partial charge on any atom is -0.300 e. The lowest BCUT2D eigenvalue weighted by Gasteiger charge is -2.29. The quantitative estimate of drug-likeness (QED) is 0.408. The Kier molecular flexibility index (Phi) is 11.3. The summed E-state index contributed by atoms with van der Waals surface area (Å²) in [6.07, 6.45) is 6.70. The van der Waals surface area contributed by atoms with Crippen LogP contribution in [0.15, 0.2) is 54.6 Å². The Balaban J connectivity index is 0.00000107. The lowest BCUT2D eigenvalue weighted by molar-refractivity contribution is 0.202. The van der Waals surface area contributed by atoms with E-state index < -0.39 is 6.17 Å². The topological polar surface area (TPSA) is 27.0 Å². The summed E-state index contributed by atoms with van der Waals surface area (Å²) >= 11 is 0. The molecule has 3 heteroatoms. The zero-order chi connectivity index (χ0) is 22.5. The van der Waals surface area contributed by atoms with Gasteiger partial charge in [0.25, 0.3) is 0 Å². The number of nitrogens with zero attached hydrogens (tertiary/aromatic N) is 2. The number of hydrogen-bond donors (Lipinski definition) is 0. The summed E-state index contributed by atoms with van der Waals surface area (Å²) < 4.78 is 14.0. The predicted octanol–water partition coefficient (Wildman–Crippen LogP) is 7.10. The summed E-state index contributed by atoms with van der Waals surface area (Å²) in [6.45, 7) is 8.34. The Hall–Kier alpha value is -2.18. The van der Waals surface area contributed by atoms with E-state index in [0.717, 1.165) is 45.2 Å². The third-order valence-electron chi connectivity index (χ3n) is 6.35.